The first-order valence-corrected chi connectivity index (χ1v) is 5.42. The second kappa shape index (κ2) is 4.03. The van der Waals surface area contributed by atoms with E-state index in [0.29, 0.717) is 5.92 Å². The number of aromatic amines is 1. The fourth-order valence-corrected chi connectivity index (χ4v) is 1.65. The molecular weight excluding hydrogens is 186 g/mol. The molecule has 0 spiro atoms. The van der Waals surface area contributed by atoms with Gasteiger partial charge in [0, 0.05) is 0 Å². The highest BCUT2D eigenvalue weighted by Crippen LogP contribution is 2.21. The van der Waals surface area contributed by atoms with Gasteiger partial charge in [-0.25, -0.2) is 4.98 Å². The first-order valence-electron chi connectivity index (χ1n) is 5.42. The SMILES string of the molecule is CCC(C)C(N)c1nc2ccccc2[nH]1. The van der Waals surface area contributed by atoms with Gasteiger partial charge in [-0.05, 0) is 18.1 Å². The van der Waals surface area contributed by atoms with E-state index in [1.54, 1.807) is 0 Å². The number of nitrogens with one attached hydrogen (secondary N) is 1. The number of rotatable bonds is 3. The minimum atomic E-state index is 0.00222. The summed E-state index contributed by atoms with van der Waals surface area (Å²) in [7, 11) is 0. The summed E-state index contributed by atoms with van der Waals surface area (Å²) in [6.45, 7) is 4.30. The van der Waals surface area contributed by atoms with Crippen LogP contribution in [0.15, 0.2) is 24.3 Å². The monoisotopic (exact) mass is 203 g/mol. The van der Waals surface area contributed by atoms with E-state index in [0.717, 1.165) is 23.3 Å². The topological polar surface area (TPSA) is 54.7 Å². The second-order valence-electron chi connectivity index (χ2n) is 4.05. The van der Waals surface area contributed by atoms with Crippen molar-refractivity contribution in [2.75, 3.05) is 0 Å². The lowest BCUT2D eigenvalue weighted by Crippen LogP contribution is -2.19. The van der Waals surface area contributed by atoms with Gasteiger partial charge in [0.1, 0.15) is 5.82 Å². The van der Waals surface area contributed by atoms with Crippen LogP contribution in [0.4, 0.5) is 0 Å². The van der Waals surface area contributed by atoms with Gasteiger partial charge in [-0.15, -0.1) is 0 Å². The van der Waals surface area contributed by atoms with Gasteiger partial charge in [0.2, 0.25) is 0 Å². The Balaban J connectivity index is 2.36. The maximum atomic E-state index is 6.12. The summed E-state index contributed by atoms with van der Waals surface area (Å²) in [6, 6.07) is 8.01. The normalized spacial score (nSPS) is 15.4. The molecule has 0 saturated carbocycles. The van der Waals surface area contributed by atoms with Crippen molar-refractivity contribution >= 4 is 11.0 Å². The average Bonchev–Trinajstić information content (AvgIpc) is 2.70. The molecule has 3 nitrogen and oxygen atoms in total. The van der Waals surface area contributed by atoms with E-state index in [4.69, 9.17) is 5.73 Å². The average molecular weight is 203 g/mol. The number of imidazole rings is 1. The number of para-hydroxylation sites is 2. The number of H-pyrrole nitrogens is 1. The lowest BCUT2D eigenvalue weighted by atomic mass is 10.00. The lowest BCUT2D eigenvalue weighted by Gasteiger charge is -2.15. The molecule has 15 heavy (non-hydrogen) atoms. The third kappa shape index (κ3) is 1.88. The minimum Gasteiger partial charge on any atom is -0.341 e. The highest BCUT2D eigenvalue weighted by molar-refractivity contribution is 5.74. The maximum Gasteiger partial charge on any atom is 0.124 e. The van der Waals surface area contributed by atoms with E-state index >= 15 is 0 Å². The van der Waals surface area contributed by atoms with Crippen molar-refractivity contribution in [3.63, 3.8) is 0 Å². The van der Waals surface area contributed by atoms with Crippen LogP contribution < -0.4 is 5.73 Å². The zero-order valence-electron chi connectivity index (χ0n) is 9.20. The Hall–Kier alpha value is -1.35. The fraction of sp³-hybridized carbons (Fsp3) is 0.417. The predicted octanol–water partition coefficient (Wildman–Crippen LogP) is 2.61. The Morgan fingerprint density at radius 3 is 2.80 bits per heavy atom. The van der Waals surface area contributed by atoms with E-state index in [2.05, 4.69) is 23.8 Å². The number of nitrogens with two attached hydrogens (primary N) is 1. The summed E-state index contributed by atoms with van der Waals surface area (Å²) in [4.78, 5) is 7.78. The lowest BCUT2D eigenvalue weighted by molar-refractivity contribution is 0.442. The molecule has 2 atom stereocenters. The molecule has 2 unspecified atom stereocenters. The molecule has 2 rings (SSSR count). The van der Waals surface area contributed by atoms with E-state index in [-0.39, 0.29) is 6.04 Å². The van der Waals surface area contributed by atoms with Gasteiger partial charge in [0.05, 0.1) is 17.1 Å². The van der Waals surface area contributed by atoms with E-state index < -0.39 is 0 Å². The van der Waals surface area contributed by atoms with Crippen LogP contribution >= 0.6 is 0 Å². The third-order valence-corrected chi connectivity index (χ3v) is 2.98. The Morgan fingerprint density at radius 2 is 2.13 bits per heavy atom. The van der Waals surface area contributed by atoms with Gasteiger partial charge in [-0.3, -0.25) is 0 Å². The van der Waals surface area contributed by atoms with Crippen LogP contribution in [0.5, 0.6) is 0 Å². The van der Waals surface area contributed by atoms with Crippen molar-refractivity contribution < 1.29 is 0 Å². The van der Waals surface area contributed by atoms with Gasteiger partial charge >= 0.3 is 0 Å². The number of aromatic nitrogens is 2. The standard InChI is InChI=1S/C12H17N3/c1-3-8(2)11(13)12-14-9-6-4-5-7-10(9)15-12/h4-8,11H,3,13H2,1-2H3,(H,14,15). The molecule has 0 aliphatic carbocycles. The van der Waals surface area contributed by atoms with Crippen LogP contribution in [0.25, 0.3) is 11.0 Å². The number of hydrogen-bond donors (Lipinski definition) is 2. The van der Waals surface area contributed by atoms with E-state index in [1.165, 1.54) is 0 Å². The van der Waals surface area contributed by atoms with Gasteiger partial charge < -0.3 is 10.7 Å². The molecule has 80 valence electrons. The first-order chi connectivity index (χ1) is 7.22. The van der Waals surface area contributed by atoms with Crippen LogP contribution in [-0.2, 0) is 0 Å². The Bertz CT molecular complexity index is 414. The Labute approximate surface area is 89.7 Å². The predicted molar refractivity (Wildman–Crippen MR) is 62.5 cm³/mol. The molecule has 1 aromatic carbocycles. The molecule has 0 amide bonds. The Kier molecular flexibility index (Phi) is 2.73. The van der Waals surface area contributed by atoms with Crippen LogP contribution in [0.2, 0.25) is 0 Å². The van der Waals surface area contributed by atoms with Crippen LogP contribution in [0.1, 0.15) is 32.1 Å². The third-order valence-electron chi connectivity index (χ3n) is 2.98. The maximum absolute atomic E-state index is 6.12. The quantitative estimate of drug-likeness (QED) is 0.805. The Morgan fingerprint density at radius 1 is 1.40 bits per heavy atom. The molecular formula is C12H17N3. The molecule has 3 heteroatoms. The number of benzene rings is 1. The van der Waals surface area contributed by atoms with Gasteiger partial charge in [-0.2, -0.15) is 0 Å². The zero-order valence-corrected chi connectivity index (χ0v) is 9.20. The zero-order chi connectivity index (χ0) is 10.8. The molecule has 2 aromatic rings. The molecule has 0 bridgehead atoms. The minimum absolute atomic E-state index is 0.00222. The number of fused-ring (bicyclic) bond motifs is 1. The summed E-state index contributed by atoms with van der Waals surface area (Å²) in [5, 5.41) is 0. The van der Waals surface area contributed by atoms with Crippen molar-refractivity contribution in [2.45, 2.75) is 26.3 Å². The molecule has 0 aliphatic rings. The van der Waals surface area contributed by atoms with Crippen LogP contribution in [0, 0.1) is 5.92 Å². The summed E-state index contributed by atoms with van der Waals surface area (Å²) < 4.78 is 0. The largest absolute Gasteiger partial charge is 0.341 e. The summed E-state index contributed by atoms with van der Waals surface area (Å²) >= 11 is 0. The van der Waals surface area contributed by atoms with Crippen LogP contribution in [-0.4, -0.2) is 9.97 Å². The van der Waals surface area contributed by atoms with E-state index in [9.17, 15) is 0 Å². The molecule has 1 aromatic heterocycles. The van der Waals surface area contributed by atoms with Gasteiger partial charge in [0.25, 0.3) is 0 Å². The smallest absolute Gasteiger partial charge is 0.124 e. The van der Waals surface area contributed by atoms with Crippen molar-refractivity contribution in [1.82, 2.24) is 9.97 Å². The summed E-state index contributed by atoms with van der Waals surface area (Å²) in [6.07, 6.45) is 1.07. The molecule has 1 heterocycles. The van der Waals surface area contributed by atoms with E-state index in [1.807, 2.05) is 24.3 Å². The summed E-state index contributed by atoms with van der Waals surface area (Å²) in [5.74, 6) is 1.34. The number of nitrogens with zero attached hydrogens (tertiary/aromatic N) is 1. The molecule has 0 saturated heterocycles. The highest BCUT2D eigenvalue weighted by atomic mass is 15.0. The first kappa shape index (κ1) is 10.2. The van der Waals surface area contributed by atoms with Crippen LogP contribution in [0.3, 0.4) is 0 Å². The van der Waals surface area contributed by atoms with Gasteiger partial charge in [0.15, 0.2) is 0 Å². The second-order valence-corrected chi connectivity index (χ2v) is 4.05. The molecule has 0 aliphatic heterocycles. The van der Waals surface area contributed by atoms with Crippen molar-refractivity contribution in [3.8, 4) is 0 Å². The summed E-state index contributed by atoms with van der Waals surface area (Å²) in [5.41, 5.74) is 8.17. The molecule has 3 N–H and O–H groups in total. The van der Waals surface area contributed by atoms with Crippen molar-refractivity contribution in [1.29, 1.82) is 0 Å². The molecule has 0 fully saturated rings. The fourth-order valence-electron chi connectivity index (χ4n) is 1.65. The molecule has 0 radical (unpaired) electrons. The number of hydrogen-bond acceptors (Lipinski definition) is 2. The van der Waals surface area contributed by atoms with Crippen molar-refractivity contribution in [2.24, 2.45) is 11.7 Å². The van der Waals surface area contributed by atoms with Gasteiger partial charge in [-0.1, -0.05) is 32.4 Å². The highest BCUT2D eigenvalue weighted by Gasteiger charge is 2.16. The van der Waals surface area contributed by atoms with Crippen molar-refractivity contribution in [3.05, 3.63) is 30.1 Å².